The molecule has 1 aromatic rings. The van der Waals surface area contributed by atoms with Gasteiger partial charge >= 0.3 is 0 Å². The summed E-state index contributed by atoms with van der Waals surface area (Å²) in [6.45, 7) is 2.99. The SMILES string of the molecule is CC1(c2noc(C3COCCC3=O)n2)CC1. The lowest BCUT2D eigenvalue weighted by Crippen LogP contribution is -2.25. The van der Waals surface area contributed by atoms with Crippen LogP contribution >= 0.6 is 0 Å². The van der Waals surface area contributed by atoms with Crippen molar-refractivity contribution in [2.45, 2.75) is 37.5 Å². The summed E-state index contributed by atoms with van der Waals surface area (Å²) in [6.07, 6.45) is 2.64. The van der Waals surface area contributed by atoms with E-state index in [2.05, 4.69) is 17.1 Å². The number of ketones is 1. The molecule has 5 nitrogen and oxygen atoms in total. The molecule has 16 heavy (non-hydrogen) atoms. The van der Waals surface area contributed by atoms with Gasteiger partial charge in [0.15, 0.2) is 5.82 Å². The van der Waals surface area contributed by atoms with Gasteiger partial charge in [-0.05, 0) is 12.8 Å². The third kappa shape index (κ3) is 1.55. The Kier molecular flexibility index (Phi) is 2.10. The summed E-state index contributed by atoms with van der Waals surface area (Å²) in [4.78, 5) is 16.0. The van der Waals surface area contributed by atoms with Crippen molar-refractivity contribution in [3.05, 3.63) is 11.7 Å². The van der Waals surface area contributed by atoms with Crippen LogP contribution in [0, 0.1) is 0 Å². The van der Waals surface area contributed by atoms with Gasteiger partial charge in [0.1, 0.15) is 11.7 Å². The van der Waals surface area contributed by atoms with Crippen molar-refractivity contribution in [1.29, 1.82) is 0 Å². The molecule has 1 atom stereocenters. The highest BCUT2D eigenvalue weighted by Crippen LogP contribution is 2.46. The maximum Gasteiger partial charge on any atom is 0.239 e. The van der Waals surface area contributed by atoms with Gasteiger partial charge in [-0.15, -0.1) is 0 Å². The van der Waals surface area contributed by atoms with E-state index in [9.17, 15) is 4.79 Å². The zero-order valence-electron chi connectivity index (χ0n) is 9.23. The number of Topliss-reactive ketones (excluding diaryl/α,β-unsaturated/α-hetero) is 1. The van der Waals surface area contributed by atoms with Gasteiger partial charge in [0.25, 0.3) is 0 Å². The Balaban J connectivity index is 1.83. The molecule has 1 saturated carbocycles. The van der Waals surface area contributed by atoms with Crippen molar-refractivity contribution in [3.8, 4) is 0 Å². The summed E-state index contributed by atoms with van der Waals surface area (Å²) < 4.78 is 10.4. The number of nitrogens with zero attached hydrogens (tertiary/aromatic N) is 2. The van der Waals surface area contributed by atoms with Gasteiger partial charge in [-0.1, -0.05) is 12.1 Å². The van der Waals surface area contributed by atoms with E-state index in [1.54, 1.807) is 0 Å². The van der Waals surface area contributed by atoms with E-state index in [-0.39, 0.29) is 17.1 Å². The quantitative estimate of drug-likeness (QED) is 0.752. The van der Waals surface area contributed by atoms with Gasteiger partial charge in [-0.2, -0.15) is 4.98 Å². The van der Waals surface area contributed by atoms with Crippen molar-refractivity contribution >= 4 is 5.78 Å². The van der Waals surface area contributed by atoms with E-state index >= 15 is 0 Å². The smallest absolute Gasteiger partial charge is 0.239 e. The summed E-state index contributed by atoms with van der Waals surface area (Å²) in [6, 6.07) is 0. The van der Waals surface area contributed by atoms with E-state index in [1.807, 2.05) is 0 Å². The minimum atomic E-state index is -0.350. The second kappa shape index (κ2) is 3.38. The van der Waals surface area contributed by atoms with Crippen LogP contribution in [0.2, 0.25) is 0 Å². The van der Waals surface area contributed by atoms with Crippen LogP contribution in [0.1, 0.15) is 43.8 Å². The summed E-state index contributed by atoms with van der Waals surface area (Å²) in [7, 11) is 0. The molecule has 2 fully saturated rings. The average molecular weight is 222 g/mol. The first-order chi connectivity index (χ1) is 7.69. The van der Waals surface area contributed by atoms with Crippen LogP contribution < -0.4 is 0 Å². The maximum absolute atomic E-state index is 11.7. The molecule has 0 spiro atoms. The minimum Gasteiger partial charge on any atom is -0.380 e. The fraction of sp³-hybridized carbons (Fsp3) is 0.727. The highest BCUT2D eigenvalue weighted by atomic mass is 16.5. The van der Waals surface area contributed by atoms with Crippen molar-refractivity contribution < 1.29 is 14.1 Å². The predicted molar refractivity (Wildman–Crippen MR) is 54.1 cm³/mol. The molecule has 1 saturated heterocycles. The summed E-state index contributed by atoms with van der Waals surface area (Å²) >= 11 is 0. The van der Waals surface area contributed by atoms with Crippen molar-refractivity contribution in [3.63, 3.8) is 0 Å². The largest absolute Gasteiger partial charge is 0.380 e. The molecular weight excluding hydrogens is 208 g/mol. The van der Waals surface area contributed by atoms with E-state index in [4.69, 9.17) is 9.26 Å². The normalized spacial score (nSPS) is 28.1. The number of ether oxygens (including phenoxy) is 1. The van der Waals surface area contributed by atoms with Gasteiger partial charge in [0.2, 0.25) is 5.89 Å². The number of aromatic nitrogens is 2. The minimum absolute atomic E-state index is 0.0837. The Labute approximate surface area is 93.2 Å². The molecular formula is C11H14N2O3. The van der Waals surface area contributed by atoms with Crippen molar-refractivity contribution in [2.24, 2.45) is 0 Å². The maximum atomic E-state index is 11.7. The van der Waals surface area contributed by atoms with E-state index in [0.717, 1.165) is 18.7 Å². The second-order valence-electron chi connectivity index (χ2n) is 4.86. The van der Waals surface area contributed by atoms with Crippen LogP contribution in [0.5, 0.6) is 0 Å². The van der Waals surface area contributed by atoms with Crippen LogP contribution in [0.4, 0.5) is 0 Å². The lowest BCUT2D eigenvalue weighted by molar-refractivity contribution is -0.127. The van der Waals surface area contributed by atoms with Crippen molar-refractivity contribution in [1.82, 2.24) is 10.1 Å². The predicted octanol–water partition coefficient (Wildman–Crippen LogP) is 1.19. The van der Waals surface area contributed by atoms with Gasteiger partial charge in [0, 0.05) is 11.8 Å². The molecule has 86 valence electrons. The number of carbonyl (C=O) groups excluding carboxylic acids is 1. The lowest BCUT2D eigenvalue weighted by Gasteiger charge is -2.17. The fourth-order valence-corrected chi connectivity index (χ4v) is 1.88. The Morgan fingerprint density at radius 3 is 2.94 bits per heavy atom. The van der Waals surface area contributed by atoms with Crippen LogP contribution in [-0.2, 0) is 14.9 Å². The van der Waals surface area contributed by atoms with Gasteiger partial charge in [-0.25, -0.2) is 0 Å². The molecule has 5 heteroatoms. The number of carbonyl (C=O) groups is 1. The molecule has 0 radical (unpaired) electrons. The standard InChI is InChI=1S/C11H14N2O3/c1-11(3-4-11)10-12-9(16-13-10)7-6-15-5-2-8(7)14/h7H,2-6H2,1H3. The average Bonchev–Trinajstić information content (AvgIpc) is 2.84. The van der Waals surface area contributed by atoms with Crippen LogP contribution in [0.15, 0.2) is 4.52 Å². The summed E-state index contributed by atoms with van der Waals surface area (Å²) in [5.74, 6) is 0.952. The third-order valence-corrected chi connectivity index (χ3v) is 3.45. The van der Waals surface area contributed by atoms with Crippen molar-refractivity contribution in [2.75, 3.05) is 13.2 Å². The Morgan fingerprint density at radius 1 is 1.44 bits per heavy atom. The molecule has 1 aliphatic carbocycles. The second-order valence-corrected chi connectivity index (χ2v) is 4.86. The molecule has 1 aromatic heterocycles. The zero-order valence-corrected chi connectivity index (χ0v) is 9.23. The summed E-state index contributed by atoms with van der Waals surface area (Å²) in [5.41, 5.74) is 0.0837. The van der Waals surface area contributed by atoms with Gasteiger partial charge in [-0.3, -0.25) is 4.79 Å². The number of rotatable bonds is 2. The molecule has 2 aliphatic rings. The van der Waals surface area contributed by atoms with E-state index in [0.29, 0.717) is 25.5 Å². The first-order valence-electron chi connectivity index (χ1n) is 5.64. The lowest BCUT2D eigenvalue weighted by atomic mass is 10.0. The number of hydrogen-bond donors (Lipinski definition) is 0. The first kappa shape index (κ1) is 9.96. The Bertz CT molecular complexity index is 423. The molecule has 0 N–H and O–H groups in total. The Morgan fingerprint density at radius 2 is 2.25 bits per heavy atom. The summed E-state index contributed by atoms with van der Waals surface area (Å²) in [5, 5.41) is 3.97. The Hall–Kier alpha value is -1.23. The molecule has 2 heterocycles. The van der Waals surface area contributed by atoms with Crippen LogP contribution in [0.25, 0.3) is 0 Å². The third-order valence-electron chi connectivity index (χ3n) is 3.45. The first-order valence-corrected chi connectivity index (χ1v) is 5.64. The topological polar surface area (TPSA) is 65.2 Å². The van der Waals surface area contributed by atoms with Gasteiger partial charge < -0.3 is 9.26 Å². The van der Waals surface area contributed by atoms with Crippen LogP contribution in [0.3, 0.4) is 0 Å². The molecule has 3 rings (SSSR count). The van der Waals surface area contributed by atoms with Gasteiger partial charge in [0.05, 0.1) is 13.2 Å². The molecule has 0 bridgehead atoms. The monoisotopic (exact) mass is 222 g/mol. The highest BCUT2D eigenvalue weighted by Gasteiger charge is 2.44. The van der Waals surface area contributed by atoms with Crippen LogP contribution in [-0.4, -0.2) is 29.1 Å². The van der Waals surface area contributed by atoms with E-state index in [1.165, 1.54) is 0 Å². The number of hydrogen-bond acceptors (Lipinski definition) is 5. The highest BCUT2D eigenvalue weighted by molar-refractivity contribution is 5.85. The molecule has 0 amide bonds. The molecule has 0 aromatic carbocycles. The zero-order chi connectivity index (χ0) is 11.2. The van der Waals surface area contributed by atoms with E-state index < -0.39 is 0 Å². The molecule has 1 unspecified atom stereocenters. The fourth-order valence-electron chi connectivity index (χ4n) is 1.88. The molecule has 1 aliphatic heterocycles.